The van der Waals surface area contributed by atoms with Gasteiger partial charge in [0.2, 0.25) is 0 Å². The highest BCUT2D eigenvalue weighted by Crippen LogP contribution is 2.35. The van der Waals surface area contributed by atoms with Crippen LogP contribution in [0.1, 0.15) is 5.56 Å². The van der Waals surface area contributed by atoms with Crippen LogP contribution in [0.5, 0.6) is 0 Å². The van der Waals surface area contributed by atoms with Gasteiger partial charge in [0.25, 0.3) is 0 Å². The van der Waals surface area contributed by atoms with Crippen LogP contribution in [0.4, 0.5) is 18.9 Å². The Morgan fingerprint density at radius 1 is 1.11 bits per heavy atom. The standard InChI is InChI=1S/C19H15ClF3N5/c1-27(9-12-4-6-24-7-5-12)13-2-3-15-14(8-13)16-17(18(20)26-11-25-16)28(15)10-19(21,22)23/h2-8,11H,9-10H2,1H3. The normalized spacial score (nSPS) is 12.0. The van der Waals surface area contributed by atoms with E-state index >= 15 is 0 Å². The molecule has 0 aliphatic rings. The van der Waals surface area contributed by atoms with Crippen LogP contribution in [0, 0.1) is 0 Å². The third-order valence-corrected chi connectivity index (χ3v) is 4.80. The summed E-state index contributed by atoms with van der Waals surface area (Å²) in [4.78, 5) is 14.1. The fourth-order valence-electron chi connectivity index (χ4n) is 3.30. The Hall–Kier alpha value is -2.87. The molecule has 144 valence electrons. The second-order valence-corrected chi connectivity index (χ2v) is 6.83. The molecule has 0 aliphatic carbocycles. The van der Waals surface area contributed by atoms with E-state index < -0.39 is 12.7 Å². The topological polar surface area (TPSA) is 46.8 Å². The molecule has 0 radical (unpaired) electrons. The first-order valence-corrected chi connectivity index (χ1v) is 8.80. The molecule has 28 heavy (non-hydrogen) atoms. The van der Waals surface area contributed by atoms with Crippen LogP contribution in [0.15, 0.2) is 49.1 Å². The first-order valence-electron chi connectivity index (χ1n) is 8.43. The Balaban J connectivity index is 1.83. The smallest absolute Gasteiger partial charge is 0.370 e. The molecule has 0 aliphatic heterocycles. The monoisotopic (exact) mass is 405 g/mol. The van der Waals surface area contributed by atoms with Crippen molar-refractivity contribution in [3.8, 4) is 0 Å². The minimum Gasteiger partial charge on any atom is -0.370 e. The zero-order valence-corrected chi connectivity index (χ0v) is 15.5. The minimum atomic E-state index is -4.39. The van der Waals surface area contributed by atoms with Crippen molar-refractivity contribution in [2.75, 3.05) is 11.9 Å². The quantitative estimate of drug-likeness (QED) is 0.456. The Morgan fingerprint density at radius 2 is 1.86 bits per heavy atom. The molecule has 0 spiro atoms. The molecule has 0 saturated heterocycles. The number of hydrogen-bond donors (Lipinski definition) is 0. The molecule has 9 heteroatoms. The summed E-state index contributed by atoms with van der Waals surface area (Å²) in [5.74, 6) is 0. The first kappa shape index (κ1) is 18.5. The fourth-order valence-corrected chi connectivity index (χ4v) is 3.53. The molecule has 3 aromatic heterocycles. The number of alkyl halides is 3. The van der Waals surface area contributed by atoms with Crippen molar-refractivity contribution in [1.82, 2.24) is 19.5 Å². The lowest BCUT2D eigenvalue weighted by Gasteiger charge is -2.19. The van der Waals surface area contributed by atoms with Gasteiger partial charge in [0.1, 0.15) is 23.9 Å². The molecule has 3 heterocycles. The molecule has 0 atom stereocenters. The van der Waals surface area contributed by atoms with Crippen molar-refractivity contribution in [2.24, 2.45) is 0 Å². The number of benzene rings is 1. The summed E-state index contributed by atoms with van der Waals surface area (Å²) in [7, 11) is 1.92. The van der Waals surface area contributed by atoms with Crippen molar-refractivity contribution >= 4 is 39.2 Å². The van der Waals surface area contributed by atoms with Crippen molar-refractivity contribution < 1.29 is 13.2 Å². The zero-order chi connectivity index (χ0) is 19.9. The molecular formula is C19H15ClF3N5. The van der Waals surface area contributed by atoms with Crippen LogP contribution >= 0.6 is 11.6 Å². The van der Waals surface area contributed by atoms with E-state index in [9.17, 15) is 13.2 Å². The molecule has 0 amide bonds. The predicted octanol–water partition coefficient (Wildman–Crippen LogP) is 4.83. The number of pyridine rings is 1. The lowest BCUT2D eigenvalue weighted by Crippen LogP contribution is -2.18. The largest absolute Gasteiger partial charge is 0.406 e. The van der Waals surface area contributed by atoms with E-state index in [2.05, 4.69) is 15.0 Å². The van der Waals surface area contributed by atoms with Gasteiger partial charge in [-0.25, -0.2) is 9.97 Å². The number of halogens is 4. The average molecular weight is 406 g/mol. The van der Waals surface area contributed by atoms with E-state index in [-0.39, 0.29) is 10.7 Å². The van der Waals surface area contributed by atoms with Crippen molar-refractivity contribution in [2.45, 2.75) is 19.3 Å². The Bertz CT molecular complexity index is 1140. The summed E-state index contributed by atoms with van der Waals surface area (Å²) in [5.41, 5.74) is 2.92. The lowest BCUT2D eigenvalue weighted by atomic mass is 10.2. The van der Waals surface area contributed by atoms with Crippen LogP contribution < -0.4 is 4.90 Å². The molecule has 4 aromatic rings. The molecule has 0 bridgehead atoms. The van der Waals surface area contributed by atoms with Gasteiger partial charge in [-0.05, 0) is 35.9 Å². The van der Waals surface area contributed by atoms with E-state index in [0.29, 0.717) is 23.0 Å². The van der Waals surface area contributed by atoms with Gasteiger partial charge in [-0.3, -0.25) is 4.98 Å². The summed E-state index contributed by atoms with van der Waals surface area (Å²) >= 11 is 6.12. The lowest BCUT2D eigenvalue weighted by molar-refractivity contribution is -0.139. The molecule has 4 rings (SSSR count). The van der Waals surface area contributed by atoms with Gasteiger partial charge >= 0.3 is 6.18 Å². The Morgan fingerprint density at radius 3 is 2.57 bits per heavy atom. The SMILES string of the molecule is CN(Cc1ccncc1)c1ccc2c(c1)c1ncnc(Cl)c1n2CC(F)(F)F. The molecule has 0 unspecified atom stereocenters. The predicted molar refractivity (Wildman–Crippen MR) is 102 cm³/mol. The summed E-state index contributed by atoms with van der Waals surface area (Å²) in [6.45, 7) is -0.531. The maximum Gasteiger partial charge on any atom is 0.406 e. The summed E-state index contributed by atoms with van der Waals surface area (Å²) < 4.78 is 40.5. The molecule has 0 N–H and O–H groups in total. The van der Waals surface area contributed by atoms with E-state index in [1.807, 2.05) is 30.1 Å². The molecular weight excluding hydrogens is 391 g/mol. The third kappa shape index (κ3) is 3.47. The third-order valence-electron chi connectivity index (χ3n) is 4.52. The van der Waals surface area contributed by atoms with Crippen LogP contribution in [-0.2, 0) is 13.1 Å². The Labute approximate surface area is 163 Å². The molecule has 1 aromatic carbocycles. The van der Waals surface area contributed by atoms with Gasteiger partial charge in [0, 0.05) is 37.1 Å². The first-order chi connectivity index (χ1) is 13.3. The second kappa shape index (κ2) is 6.94. The number of rotatable bonds is 4. The number of aromatic nitrogens is 4. The van der Waals surface area contributed by atoms with Crippen molar-refractivity contribution in [3.63, 3.8) is 0 Å². The fraction of sp³-hybridized carbons (Fsp3) is 0.211. The van der Waals surface area contributed by atoms with Gasteiger partial charge in [0.05, 0.1) is 5.52 Å². The number of fused-ring (bicyclic) bond motifs is 3. The van der Waals surface area contributed by atoms with Crippen LogP contribution in [0.3, 0.4) is 0 Å². The number of anilines is 1. The highest BCUT2D eigenvalue weighted by Gasteiger charge is 2.30. The average Bonchev–Trinajstić information content (AvgIpc) is 2.95. The van der Waals surface area contributed by atoms with Gasteiger partial charge in [-0.15, -0.1) is 0 Å². The van der Waals surface area contributed by atoms with Gasteiger partial charge in [-0.2, -0.15) is 13.2 Å². The van der Waals surface area contributed by atoms with E-state index in [4.69, 9.17) is 11.6 Å². The van der Waals surface area contributed by atoms with E-state index in [0.717, 1.165) is 15.8 Å². The molecule has 0 fully saturated rings. The minimum absolute atomic E-state index is 0.00265. The number of hydrogen-bond acceptors (Lipinski definition) is 4. The van der Waals surface area contributed by atoms with Crippen LogP contribution in [0.2, 0.25) is 5.15 Å². The summed E-state index contributed by atoms with van der Waals surface area (Å²) in [6, 6.07) is 9.11. The highest BCUT2D eigenvalue weighted by atomic mass is 35.5. The van der Waals surface area contributed by atoms with Crippen molar-refractivity contribution in [1.29, 1.82) is 0 Å². The van der Waals surface area contributed by atoms with Crippen LogP contribution in [0.25, 0.3) is 21.9 Å². The summed E-state index contributed by atoms with van der Waals surface area (Å²) in [6.07, 6.45) is 0.302. The maximum absolute atomic E-state index is 13.1. The van der Waals surface area contributed by atoms with E-state index in [1.54, 1.807) is 24.5 Å². The zero-order valence-electron chi connectivity index (χ0n) is 14.8. The maximum atomic E-state index is 13.1. The Kier molecular flexibility index (Phi) is 4.58. The van der Waals surface area contributed by atoms with Gasteiger partial charge < -0.3 is 9.47 Å². The van der Waals surface area contributed by atoms with Crippen molar-refractivity contribution in [3.05, 3.63) is 59.8 Å². The van der Waals surface area contributed by atoms with Gasteiger partial charge in [-0.1, -0.05) is 11.6 Å². The second-order valence-electron chi connectivity index (χ2n) is 6.48. The highest BCUT2D eigenvalue weighted by molar-refractivity contribution is 6.34. The van der Waals surface area contributed by atoms with E-state index in [1.165, 1.54) is 6.33 Å². The van der Waals surface area contributed by atoms with Crippen LogP contribution in [-0.4, -0.2) is 32.7 Å². The summed E-state index contributed by atoms with van der Waals surface area (Å²) in [5, 5.41) is 0.597. The molecule has 0 saturated carbocycles. The molecule has 5 nitrogen and oxygen atoms in total. The van der Waals surface area contributed by atoms with Gasteiger partial charge in [0.15, 0.2) is 5.15 Å². The number of nitrogens with zero attached hydrogens (tertiary/aromatic N) is 5.